The summed E-state index contributed by atoms with van der Waals surface area (Å²) in [7, 11) is 0. The van der Waals surface area contributed by atoms with E-state index < -0.39 is 0 Å². The van der Waals surface area contributed by atoms with E-state index in [1.165, 1.54) is 12.8 Å². The largest absolute Gasteiger partial charge is 0.384 e. The second kappa shape index (κ2) is 4.69. The van der Waals surface area contributed by atoms with E-state index in [0.717, 1.165) is 32.0 Å². The summed E-state index contributed by atoms with van der Waals surface area (Å²) >= 11 is 0. The lowest BCUT2D eigenvalue weighted by Gasteiger charge is -2.31. The summed E-state index contributed by atoms with van der Waals surface area (Å²) in [6, 6.07) is 6.10. The lowest BCUT2D eigenvalue weighted by molar-refractivity contribution is 0.0829. The minimum Gasteiger partial charge on any atom is -0.384 e. The van der Waals surface area contributed by atoms with Crippen LogP contribution in [0.2, 0.25) is 0 Å². The number of Topliss-reactive ketones (excluding diaryl/α,β-unsaturated/α-hetero) is 1. The Labute approximate surface area is 107 Å². The number of nitrogens with two attached hydrogens (primary N) is 1. The molecule has 0 radical (unpaired) electrons. The molecule has 1 aromatic rings. The van der Waals surface area contributed by atoms with Gasteiger partial charge in [-0.1, -0.05) is 6.07 Å². The molecule has 2 N–H and O–H groups in total. The first kappa shape index (κ1) is 11.7. The Hall–Kier alpha value is -1.42. The van der Waals surface area contributed by atoms with Crippen molar-refractivity contribution >= 4 is 11.6 Å². The van der Waals surface area contributed by atoms with Gasteiger partial charge in [0.1, 0.15) is 11.5 Å². The van der Waals surface area contributed by atoms with Crippen LogP contribution >= 0.6 is 0 Å². The van der Waals surface area contributed by atoms with Crippen LogP contribution in [0.4, 0.5) is 5.82 Å². The van der Waals surface area contributed by atoms with Gasteiger partial charge in [-0.05, 0) is 50.9 Å². The molecular formula is C14H19N3O. The first-order valence-corrected chi connectivity index (χ1v) is 6.75. The molecule has 1 aliphatic heterocycles. The van der Waals surface area contributed by atoms with Crippen LogP contribution in [-0.2, 0) is 0 Å². The van der Waals surface area contributed by atoms with Gasteiger partial charge in [-0.3, -0.25) is 4.79 Å². The average Bonchev–Trinajstić information content (AvgIpc) is 3.22. The molecule has 0 aromatic carbocycles. The molecule has 0 unspecified atom stereocenters. The Balaban J connectivity index is 1.63. The summed E-state index contributed by atoms with van der Waals surface area (Å²) in [5.41, 5.74) is 6.15. The van der Waals surface area contributed by atoms with Crippen LogP contribution in [0.5, 0.6) is 0 Å². The molecule has 0 amide bonds. The van der Waals surface area contributed by atoms with Gasteiger partial charge in [-0.15, -0.1) is 0 Å². The Morgan fingerprint density at radius 2 is 1.94 bits per heavy atom. The highest BCUT2D eigenvalue weighted by molar-refractivity contribution is 5.96. The van der Waals surface area contributed by atoms with Crippen LogP contribution in [0.1, 0.15) is 36.2 Å². The van der Waals surface area contributed by atoms with Crippen molar-refractivity contribution in [1.82, 2.24) is 9.88 Å². The van der Waals surface area contributed by atoms with Crippen molar-refractivity contribution in [3.05, 3.63) is 23.9 Å². The van der Waals surface area contributed by atoms with E-state index in [-0.39, 0.29) is 11.7 Å². The Bertz CT molecular complexity index is 448. The fraction of sp³-hybridized carbons (Fsp3) is 0.571. The molecule has 2 heterocycles. The molecule has 96 valence electrons. The second-order valence-corrected chi connectivity index (χ2v) is 5.35. The monoisotopic (exact) mass is 245 g/mol. The summed E-state index contributed by atoms with van der Waals surface area (Å²) < 4.78 is 0. The number of hydrogen-bond acceptors (Lipinski definition) is 4. The zero-order valence-electron chi connectivity index (χ0n) is 10.5. The normalized spacial score (nSPS) is 22.0. The van der Waals surface area contributed by atoms with Gasteiger partial charge >= 0.3 is 0 Å². The van der Waals surface area contributed by atoms with Crippen molar-refractivity contribution < 1.29 is 4.79 Å². The summed E-state index contributed by atoms with van der Waals surface area (Å²) in [6.07, 6.45) is 4.61. The number of ketones is 1. The first-order valence-electron chi connectivity index (χ1n) is 6.75. The van der Waals surface area contributed by atoms with E-state index >= 15 is 0 Å². The van der Waals surface area contributed by atoms with Crippen LogP contribution in [0.3, 0.4) is 0 Å². The highest BCUT2D eigenvalue weighted by Gasteiger charge is 2.34. The maximum absolute atomic E-state index is 12.3. The molecule has 1 saturated carbocycles. The molecule has 0 atom stereocenters. The van der Waals surface area contributed by atoms with Gasteiger partial charge in [0.2, 0.25) is 0 Å². The van der Waals surface area contributed by atoms with Gasteiger partial charge < -0.3 is 10.6 Å². The molecule has 0 bridgehead atoms. The van der Waals surface area contributed by atoms with Crippen LogP contribution in [0, 0.1) is 5.92 Å². The van der Waals surface area contributed by atoms with Gasteiger partial charge in [-0.25, -0.2) is 4.98 Å². The minimum absolute atomic E-state index is 0.134. The van der Waals surface area contributed by atoms with Gasteiger partial charge in [0.15, 0.2) is 5.78 Å². The summed E-state index contributed by atoms with van der Waals surface area (Å²) in [4.78, 5) is 19.0. The zero-order chi connectivity index (χ0) is 12.5. The number of carbonyl (C=O) groups excluding carboxylic acids is 1. The molecule has 1 aliphatic carbocycles. The van der Waals surface area contributed by atoms with Crippen molar-refractivity contribution in [2.75, 3.05) is 18.8 Å². The Morgan fingerprint density at radius 1 is 1.22 bits per heavy atom. The first-order chi connectivity index (χ1) is 8.74. The molecule has 0 spiro atoms. The number of aromatic nitrogens is 1. The third-order valence-corrected chi connectivity index (χ3v) is 3.99. The zero-order valence-corrected chi connectivity index (χ0v) is 10.5. The van der Waals surface area contributed by atoms with E-state index in [0.29, 0.717) is 11.5 Å². The van der Waals surface area contributed by atoms with Crippen molar-refractivity contribution in [1.29, 1.82) is 0 Å². The van der Waals surface area contributed by atoms with E-state index in [4.69, 9.17) is 5.73 Å². The average molecular weight is 245 g/mol. The number of pyridine rings is 1. The lowest BCUT2D eigenvalue weighted by atomic mass is 9.90. The number of piperidine rings is 1. The van der Waals surface area contributed by atoms with E-state index in [2.05, 4.69) is 9.88 Å². The van der Waals surface area contributed by atoms with Gasteiger partial charge in [0, 0.05) is 12.0 Å². The molecule has 2 aliphatic rings. The molecule has 1 saturated heterocycles. The molecule has 4 heteroatoms. The van der Waals surface area contributed by atoms with Gasteiger partial charge in [0.05, 0.1) is 0 Å². The standard InChI is InChI=1S/C14H19N3O/c15-13-3-1-2-12(16-13)14(18)10-6-8-17(9-7-10)11-4-5-11/h1-3,10-11H,4-9H2,(H2,15,16). The van der Waals surface area contributed by atoms with Crippen LogP contribution in [0.15, 0.2) is 18.2 Å². The number of rotatable bonds is 3. The number of nitrogen functional groups attached to an aromatic ring is 1. The Kier molecular flexibility index (Phi) is 3.04. The van der Waals surface area contributed by atoms with Crippen molar-refractivity contribution in [2.45, 2.75) is 31.7 Å². The number of anilines is 1. The fourth-order valence-electron chi connectivity index (χ4n) is 2.76. The fourth-order valence-corrected chi connectivity index (χ4v) is 2.76. The molecule has 2 fully saturated rings. The third-order valence-electron chi connectivity index (χ3n) is 3.99. The molecular weight excluding hydrogens is 226 g/mol. The number of hydrogen-bond donors (Lipinski definition) is 1. The number of carbonyl (C=O) groups is 1. The maximum atomic E-state index is 12.3. The maximum Gasteiger partial charge on any atom is 0.184 e. The smallest absolute Gasteiger partial charge is 0.184 e. The van der Waals surface area contributed by atoms with Crippen LogP contribution < -0.4 is 5.73 Å². The minimum atomic E-state index is 0.134. The lowest BCUT2D eigenvalue weighted by Crippen LogP contribution is -2.37. The van der Waals surface area contributed by atoms with Crippen molar-refractivity contribution in [3.8, 4) is 0 Å². The Morgan fingerprint density at radius 3 is 2.56 bits per heavy atom. The van der Waals surface area contributed by atoms with Crippen molar-refractivity contribution in [3.63, 3.8) is 0 Å². The van der Waals surface area contributed by atoms with E-state index in [9.17, 15) is 4.79 Å². The quantitative estimate of drug-likeness (QED) is 0.824. The summed E-state index contributed by atoms with van der Waals surface area (Å²) in [6.45, 7) is 2.12. The summed E-state index contributed by atoms with van der Waals surface area (Å²) in [5.74, 6) is 0.725. The molecule has 1 aromatic heterocycles. The topological polar surface area (TPSA) is 59.2 Å². The molecule has 4 nitrogen and oxygen atoms in total. The van der Waals surface area contributed by atoms with Gasteiger partial charge in [0.25, 0.3) is 0 Å². The predicted octanol–water partition coefficient (Wildman–Crippen LogP) is 1.72. The predicted molar refractivity (Wildman–Crippen MR) is 70.3 cm³/mol. The highest BCUT2D eigenvalue weighted by Crippen LogP contribution is 2.31. The van der Waals surface area contributed by atoms with E-state index in [1.807, 2.05) is 0 Å². The van der Waals surface area contributed by atoms with Gasteiger partial charge in [-0.2, -0.15) is 0 Å². The highest BCUT2D eigenvalue weighted by atomic mass is 16.1. The van der Waals surface area contributed by atoms with Crippen LogP contribution in [0.25, 0.3) is 0 Å². The SMILES string of the molecule is Nc1cccc(C(=O)C2CCN(C3CC3)CC2)n1. The van der Waals surface area contributed by atoms with E-state index in [1.54, 1.807) is 18.2 Å². The number of nitrogens with zero attached hydrogens (tertiary/aromatic N) is 2. The molecule has 3 rings (SSSR count). The van der Waals surface area contributed by atoms with Crippen LogP contribution in [-0.4, -0.2) is 34.8 Å². The third kappa shape index (κ3) is 2.38. The molecule has 18 heavy (non-hydrogen) atoms. The second-order valence-electron chi connectivity index (χ2n) is 5.35. The summed E-state index contributed by atoms with van der Waals surface area (Å²) in [5, 5.41) is 0. The van der Waals surface area contributed by atoms with Crippen molar-refractivity contribution in [2.24, 2.45) is 5.92 Å². The number of likely N-dealkylation sites (tertiary alicyclic amines) is 1.